The lowest BCUT2D eigenvalue weighted by molar-refractivity contribution is -0.143. The van der Waals surface area contributed by atoms with Crippen LogP contribution in [0.3, 0.4) is 0 Å². The van der Waals surface area contributed by atoms with Crippen LogP contribution in [0, 0.1) is 11.8 Å². The number of ether oxygens (including phenoxy) is 1. The molecule has 0 N–H and O–H groups in total. The maximum absolute atomic E-state index is 12.6. The van der Waals surface area contributed by atoms with E-state index in [0.29, 0.717) is 24.9 Å². The minimum absolute atomic E-state index is 0.0234. The number of rotatable bonds is 5. The maximum Gasteiger partial charge on any atom is 0.225 e. The molecular formula is C16H28ClNO2. The first-order valence-corrected chi connectivity index (χ1v) is 8.74. The van der Waals surface area contributed by atoms with Crippen molar-refractivity contribution in [3.8, 4) is 0 Å². The van der Waals surface area contributed by atoms with E-state index in [1.165, 1.54) is 32.1 Å². The van der Waals surface area contributed by atoms with Crippen LogP contribution in [0.25, 0.3) is 0 Å². The van der Waals surface area contributed by atoms with Crippen molar-refractivity contribution >= 4 is 17.5 Å². The Morgan fingerprint density at radius 1 is 1.30 bits per heavy atom. The number of hydrogen-bond acceptors (Lipinski definition) is 2. The van der Waals surface area contributed by atoms with Crippen molar-refractivity contribution in [2.45, 2.75) is 58.0 Å². The molecule has 1 heterocycles. The minimum Gasteiger partial charge on any atom is -0.373 e. The summed E-state index contributed by atoms with van der Waals surface area (Å²) in [6, 6.07) is 0. The Kier molecular flexibility index (Phi) is 6.63. The van der Waals surface area contributed by atoms with Crippen molar-refractivity contribution in [1.29, 1.82) is 0 Å². The van der Waals surface area contributed by atoms with E-state index in [0.717, 1.165) is 25.3 Å². The lowest BCUT2D eigenvalue weighted by Gasteiger charge is -2.36. The molecule has 0 spiro atoms. The van der Waals surface area contributed by atoms with E-state index in [-0.39, 0.29) is 12.0 Å². The molecule has 1 aliphatic heterocycles. The lowest BCUT2D eigenvalue weighted by Crippen LogP contribution is -2.48. The molecule has 20 heavy (non-hydrogen) atoms. The van der Waals surface area contributed by atoms with E-state index < -0.39 is 0 Å². The van der Waals surface area contributed by atoms with Gasteiger partial charge in [-0.2, -0.15) is 0 Å². The van der Waals surface area contributed by atoms with E-state index in [9.17, 15) is 4.79 Å². The number of halogens is 1. The largest absolute Gasteiger partial charge is 0.373 e. The second-order valence-corrected chi connectivity index (χ2v) is 6.60. The predicted octanol–water partition coefficient (Wildman–Crippen LogP) is 3.45. The van der Waals surface area contributed by atoms with Gasteiger partial charge in [-0.15, -0.1) is 11.6 Å². The topological polar surface area (TPSA) is 29.5 Å². The molecule has 4 heteroatoms. The number of alkyl halides is 1. The van der Waals surface area contributed by atoms with Crippen LogP contribution in [0.1, 0.15) is 51.9 Å². The number of hydrogen-bond donors (Lipinski definition) is 0. The number of amides is 1. The van der Waals surface area contributed by atoms with Gasteiger partial charge in [0.1, 0.15) is 0 Å². The summed E-state index contributed by atoms with van der Waals surface area (Å²) in [5.41, 5.74) is 0. The van der Waals surface area contributed by atoms with E-state index in [1.807, 2.05) is 4.90 Å². The second kappa shape index (κ2) is 8.23. The Morgan fingerprint density at radius 3 is 2.70 bits per heavy atom. The second-order valence-electron chi connectivity index (χ2n) is 6.29. The number of morpholine rings is 1. The van der Waals surface area contributed by atoms with Gasteiger partial charge in [0.15, 0.2) is 0 Å². The number of nitrogens with zero attached hydrogens (tertiary/aromatic N) is 1. The van der Waals surface area contributed by atoms with Crippen LogP contribution in [0.2, 0.25) is 0 Å². The lowest BCUT2D eigenvalue weighted by atomic mass is 9.79. The highest BCUT2D eigenvalue weighted by atomic mass is 35.5. The Hall–Kier alpha value is -0.280. The summed E-state index contributed by atoms with van der Waals surface area (Å²) in [7, 11) is 0. The molecular weight excluding hydrogens is 274 g/mol. The summed E-state index contributed by atoms with van der Waals surface area (Å²) in [4.78, 5) is 14.5. The Bertz CT molecular complexity index is 303. The maximum atomic E-state index is 12.6. The van der Waals surface area contributed by atoms with Crippen LogP contribution in [0.15, 0.2) is 0 Å². The van der Waals surface area contributed by atoms with Crippen molar-refractivity contribution in [3.05, 3.63) is 0 Å². The Balaban J connectivity index is 1.76. The van der Waals surface area contributed by atoms with Crippen molar-refractivity contribution < 1.29 is 9.53 Å². The van der Waals surface area contributed by atoms with Gasteiger partial charge in [-0.25, -0.2) is 0 Å². The van der Waals surface area contributed by atoms with Gasteiger partial charge in [-0.1, -0.05) is 26.2 Å². The highest BCUT2D eigenvalue weighted by Crippen LogP contribution is 2.33. The standard InChI is InChI=1S/C16H28ClNO2/c1-2-3-4-13-5-7-14(8-6-13)16(19)18-9-10-20-15(11-17)12-18/h13-15H,2-12H2,1H3. The highest BCUT2D eigenvalue weighted by Gasteiger charge is 2.31. The molecule has 2 rings (SSSR count). The quantitative estimate of drug-likeness (QED) is 0.728. The van der Waals surface area contributed by atoms with Crippen LogP contribution in [0.4, 0.5) is 0 Å². The fraction of sp³-hybridized carbons (Fsp3) is 0.938. The van der Waals surface area contributed by atoms with Crippen LogP contribution < -0.4 is 0 Å². The van der Waals surface area contributed by atoms with Gasteiger partial charge < -0.3 is 9.64 Å². The molecule has 116 valence electrons. The monoisotopic (exact) mass is 301 g/mol. The summed E-state index contributed by atoms with van der Waals surface area (Å²) < 4.78 is 5.53. The molecule has 1 atom stereocenters. The number of unbranched alkanes of at least 4 members (excludes halogenated alkanes) is 1. The van der Waals surface area contributed by atoms with Gasteiger partial charge >= 0.3 is 0 Å². The molecule has 1 saturated carbocycles. The van der Waals surface area contributed by atoms with E-state index in [4.69, 9.17) is 16.3 Å². The third-order valence-electron chi connectivity index (χ3n) is 4.78. The molecule has 2 aliphatic rings. The smallest absolute Gasteiger partial charge is 0.225 e. The Morgan fingerprint density at radius 2 is 2.05 bits per heavy atom. The summed E-state index contributed by atoms with van der Waals surface area (Å²) in [5.74, 6) is 1.94. The average Bonchev–Trinajstić information content (AvgIpc) is 2.52. The summed E-state index contributed by atoms with van der Waals surface area (Å²) in [6.07, 6.45) is 8.63. The van der Waals surface area contributed by atoms with Crippen LogP contribution in [0.5, 0.6) is 0 Å². The first-order valence-electron chi connectivity index (χ1n) is 8.21. The molecule has 0 aromatic heterocycles. The van der Waals surface area contributed by atoms with E-state index in [1.54, 1.807) is 0 Å². The zero-order chi connectivity index (χ0) is 14.4. The molecule has 0 bridgehead atoms. The van der Waals surface area contributed by atoms with Crippen molar-refractivity contribution in [1.82, 2.24) is 4.90 Å². The van der Waals surface area contributed by atoms with Crippen LogP contribution in [-0.2, 0) is 9.53 Å². The molecule has 1 amide bonds. The molecule has 0 aromatic rings. The van der Waals surface area contributed by atoms with Crippen LogP contribution in [-0.4, -0.2) is 42.5 Å². The molecule has 0 aromatic carbocycles. The normalized spacial score (nSPS) is 31.3. The summed E-state index contributed by atoms with van der Waals surface area (Å²) in [5, 5.41) is 0. The first kappa shape index (κ1) is 16.1. The fourth-order valence-electron chi connectivity index (χ4n) is 3.46. The number of carbonyl (C=O) groups excluding carboxylic acids is 1. The molecule has 1 unspecified atom stereocenters. The third kappa shape index (κ3) is 4.36. The van der Waals surface area contributed by atoms with Gasteiger partial charge in [-0.3, -0.25) is 4.79 Å². The molecule has 1 aliphatic carbocycles. The number of carbonyl (C=O) groups is 1. The zero-order valence-corrected chi connectivity index (χ0v) is 13.4. The van der Waals surface area contributed by atoms with Crippen molar-refractivity contribution in [3.63, 3.8) is 0 Å². The van der Waals surface area contributed by atoms with E-state index in [2.05, 4.69) is 6.92 Å². The summed E-state index contributed by atoms with van der Waals surface area (Å²) in [6.45, 7) is 4.30. The van der Waals surface area contributed by atoms with Gasteiger partial charge in [0.2, 0.25) is 5.91 Å². The molecule has 0 radical (unpaired) electrons. The zero-order valence-electron chi connectivity index (χ0n) is 12.7. The predicted molar refractivity (Wildman–Crippen MR) is 82.0 cm³/mol. The SMILES string of the molecule is CCCCC1CCC(C(=O)N2CCOC(CCl)C2)CC1. The molecule has 2 fully saturated rings. The fourth-order valence-corrected chi connectivity index (χ4v) is 3.65. The van der Waals surface area contributed by atoms with Gasteiger partial charge in [0, 0.05) is 19.0 Å². The minimum atomic E-state index is 0.0234. The molecule has 3 nitrogen and oxygen atoms in total. The first-order chi connectivity index (χ1) is 9.74. The Labute approximate surface area is 128 Å². The van der Waals surface area contributed by atoms with E-state index >= 15 is 0 Å². The third-order valence-corrected chi connectivity index (χ3v) is 5.13. The van der Waals surface area contributed by atoms with Crippen LogP contribution >= 0.6 is 11.6 Å². The summed E-state index contributed by atoms with van der Waals surface area (Å²) >= 11 is 5.84. The van der Waals surface area contributed by atoms with Gasteiger partial charge in [0.05, 0.1) is 18.6 Å². The van der Waals surface area contributed by atoms with Gasteiger partial charge in [-0.05, 0) is 31.6 Å². The average molecular weight is 302 g/mol. The van der Waals surface area contributed by atoms with Crippen molar-refractivity contribution in [2.75, 3.05) is 25.6 Å². The highest BCUT2D eigenvalue weighted by molar-refractivity contribution is 6.18. The molecule has 1 saturated heterocycles. The van der Waals surface area contributed by atoms with Crippen molar-refractivity contribution in [2.24, 2.45) is 11.8 Å². The van der Waals surface area contributed by atoms with Gasteiger partial charge in [0.25, 0.3) is 0 Å².